The molecule has 0 saturated heterocycles. The lowest BCUT2D eigenvalue weighted by atomic mass is 9.97. The summed E-state index contributed by atoms with van der Waals surface area (Å²) in [6.45, 7) is 14.6. The average Bonchev–Trinajstić information content (AvgIpc) is 2.36. The number of hydrogen-bond donors (Lipinski definition) is 2. The van der Waals surface area contributed by atoms with E-state index >= 15 is 0 Å². The van der Waals surface area contributed by atoms with Crippen molar-refractivity contribution < 1.29 is 0 Å². The summed E-state index contributed by atoms with van der Waals surface area (Å²) in [5.74, 6) is 3.50. The highest BCUT2D eigenvalue weighted by atomic mass is 35.5. The van der Waals surface area contributed by atoms with Gasteiger partial charge in [0.25, 0.3) is 0 Å². The fourth-order valence-corrected chi connectivity index (χ4v) is 3.27. The van der Waals surface area contributed by atoms with Crippen LogP contribution < -0.4 is 11.5 Å². The van der Waals surface area contributed by atoms with Gasteiger partial charge in [0.2, 0.25) is 0 Å². The Hall–Kier alpha value is -0.0700. The van der Waals surface area contributed by atoms with Crippen LogP contribution in [0.5, 0.6) is 0 Å². The molecule has 0 aromatic carbocycles. The summed E-state index contributed by atoms with van der Waals surface area (Å²) in [5.41, 5.74) is 12.2. The van der Waals surface area contributed by atoms with Crippen LogP contribution >= 0.6 is 34.0 Å². The normalized spacial score (nSPS) is 13.8. The molecule has 0 aliphatic rings. The molecule has 0 heterocycles. The number of amidine groups is 2. The second-order valence-corrected chi connectivity index (χ2v) is 10.6. The second-order valence-electron chi connectivity index (χ2n) is 7.88. The second kappa shape index (κ2) is 12.3. The maximum atomic E-state index is 5.91. The molecule has 0 fully saturated rings. The van der Waals surface area contributed by atoms with Gasteiger partial charge in [0.15, 0.2) is 0 Å². The molecule has 0 atom stereocenters. The summed E-state index contributed by atoms with van der Waals surface area (Å²) in [6, 6.07) is 0. The summed E-state index contributed by atoms with van der Waals surface area (Å²) in [6.07, 6.45) is 1.70. The molecule has 0 spiro atoms. The van der Waals surface area contributed by atoms with Crippen molar-refractivity contribution in [2.45, 2.75) is 54.4 Å². The summed E-state index contributed by atoms with van der Waals surface area (Å²) in [7, 11) is 3.65. The van der Waals surface area contributed by atoms with E-state index in [0.29, 0.717) is 0 Å². The Morgan fingerprint density at radius 1 is 0.739 bits per heavy atom. The lowest BCUT2D eigenvalue weighted by molar-refractivity contribution is 0.429. The van der Waals surface area contributed by atoms with E-state index in [-0.39, 0.29) is 23.2 Å². The third kappa shape index (κ3) is 19.9. The fraction of sp³-hybridized carbons (Fsp3) is 0.875. The van der Waals surface area contributed by atoms with Crippen molar-refractivity contribution in [3.8, 4) is 0 Å². The van der Waals surface area contributed by atoms with Crippen molar-refractivity contribution in [3.05, 3.63) is 0 Å². The molecule has 0 unspecified atom stereocenters. The predicted molar refractivity (Wildman–Crippen MR) is 113 cm³/mol. The summed E-state index contributed by atoms with van der Waals surface area (Å²) >= 11 is 0. The minimum Gasteiger partial charge on any atom is -0.387 e. The van der Waals surface area contributed by atoms with Gasteiger partial charge in [-0.2, -0.15) is 0 Å². The van der Waals surface area contributed by atoms with Crippen LogP contribution in [0.15, 0.2) is 9.98 Å². The van der Waals surface area contributed by atoms with Gasteiger partial charge in [-0.15, -0.1) is 12.4 Å². The van der Waals surface area contributed by atoms with E-state index in [1.54, 1.807) is 0 Å². The van der Waals surface area contributed by atoms with Gasteiger partial charge in [0.1, 0.15) is 0 Å². The third-order valence-corrected chi connectivity index (χ3v) is 4.89. The molecular formula is C16H35ClN4S2. The number of aliphatic imine (C=N–C) groups is 2. The molecule has 4 N–H and O–H groups in total. The van der Waals surface area contributed by atoms with Crippen molar-refractivity contribution in [1.29, 1.82) is 0 Å². The molecule has 0 aliphatic carbocycles. The van der Waals surface area contributed by atoms with Crippen molar-refractivity contribution in [2.75, 3.05) is 24.6 Å². The minimum atomic E-state index is 0. The number of halogens is 1. The fourth-order valence-electron chi connectivity index (χ4n) is 1.25. The summed E-state index contributed by atoms with van der Waals surface area (Å²) in [4.78, 5) is 8.84. The Kier molecular flexibility index (Phi) is 13.5. The lowest BCUT2D eigenvalue weighted by Gasteiger charge is -2.15. The van der Waals surface area contributed by atoms with Gasteiger partial charge < -0.3 is 11.5 Å². The zero-order valence-corrected chi connectivity index (χ0v) is 18.0. The molecule has 0 rings (SSSR count). The third-order valence-electron chi connectivity index (χ3n) is 2.48. The molecule has 4 nitrogen and oxygen atoms in total. The largest absolute Gasteiger partial charge is 0.387 e. The quantitative estimate of drug-likeness (QED) is 0.268. The lowest BCUT2D eigenvalue weighted by Crippen LogP contribution is -2.18. The zero-order chi connectivity index (χ0) is 17.2. The van der Waals surface area contributed by atoms with E-state index in [0.717, 1.165) is 49.1 Å². The van der Waals surface area contributed by atoms with Gasteiger partial charge in [-0.3, -0.25) is 9.98 Å². The van der Waals surface area contributed by atoms with Crippen molar-refractivity contribution >= 4 is 45.7 Å². The van der Waals surface area contributed by atoms with Gasteiger partial charge in [-0.25, -0.2) is 0 Å². The molecule has 0 aromatic heterocycles. The number of rotatable bonds is 9. The van der Waals surface area contributed by atoms with E-state index in [9.17, 15) is 0 Å². The standard InChI is InChI=1S/C16H34N4S2.ClH/c1-15(2,3)11-19-13(17)7-9-21-22-10-8-14(18)20-12-16(4,5)6;/h7-12H2,1-6H3,(H2,17,19)(H2,18,20);1H. The van der Waals surface area contributed by atoms with E-state index in [1.165, 1.54) is 0 Å². The monoisotopic (exact) mass is 382 g/mol. The van der Waals surface area contributed by atoms with Crippen LogP contribution in [0.1, 0.15) is 54.4 Å². The molecule has 0 bridgehead atoms. The van der Waals surface area contributed by atoms with Crippen LogP contribution in [0.2, 0.25) is 0 Å². The molecule has 0 radical (unpaired) electrons. The minimum absolute atomic E-state index is 0. The van der Waals surface area contributed by atoms with Crippen LogP contribution in [0, 0.1) is 10.8 Å². The van der Waals surface area contributed by atoms with Gasteiger partial charge in [-0.1, -0.05) is 63.1 Å². The van der Waals surface area contributed by atoms with Gasteiger partial charge in [0, 0.05) is 37.4 Å². The summed E-state index contributed by atoms with van der Waals surface area (Å²) < 4.78 is 0. The number of nitrogens with zero attached hydrogens (tertiary/aromatic N) is 2. The van der Waals surface area contributed by atoms with Crippen molar-refractivity contribution in [1.82, 2.24) is 0 Å². The van der Waals surface area contributed by atoms with Crippen LogP contribution in [-0.2, 0) is 0 Å². The average molecular weight is 383 g/mol. The summed E-state index contributed by atoms with van der Waals surface area (Å²) in [5, 5.41) is 0. The van der Waals surface area contributed by atoms with Gasteiger partial charge in [0.05, 0.1) is 11.7 Å². The molecule has 0 saturated carbocycles. The van der Waals surface area contributed by atoms with Crippen LogP contribution in [-0.4, -0.2) is 36.3 Å². The molecule has 0 aliphatic heterocycles. The van der Waals surface area contributed by atoms with Crippen LogP contribution in [0.4, 0.5) is 0 Å². The molecule has 0 amide bonds. The molecule has 138 valence electrons. The highest BCUT2D eigenvalue weighted by Crippen LogP contribution is 2.23. The van der Waals surface area contributed by atoms with Crippen LogP contribution in [0.3, 0.4) is 0 Å². The van der Waals surface area contributed by atoms with E-state index in [1.807, 2.05) is 21.6 Å². The highest BCUT2D eigenvalue weighted by molar-refractivity contribution is 8.76. The first-order chi connectivity index (χ1) is 9.99. The van der Waals surface area contributed by atoms with Crippen LogP contribution in [0.25, 0.3) is 0 Å². The Bertz CT molecular complexity index is 335. The zero-order valence-electron chi connectivity index (χ0n) is 15.5. The number of nitrogens with two attached hydrogens (primary N) is 2. The SMILES string of the molecule is CC(C)(C)CN=C(N)CCSSCCC(N)=NCC(C)(C)C.Cl. The van der Waals surface area contributed by atoms with Gasteiger partial charge >= 0.3 is 0 Å². The highest BCUT2D eigenvalue weighted by Gasteiger charge is 2.09. The van der Waals surface area contributed by atoms with Crippen molar-refractivity contribution in [3.63, 3.8) is 0 Å². The van der Waals surface area contributed by atoms with E-state index < -0.39 is 0 Å². The predicted octanol–water partition coefficient (Wildman–Crippen LogP) is 4.38. The van der Waals surface area contributed by atoms with E-state index in [4.69, 9.17) is 11.5 Å². The molecule has 7 heteroatoms. The molecular weight excluding hydrogens is 348 g/mol. The Balaban J connectivity index is 0. The Morgan fingerprint density at radius 2 is 1.04 bits per heavy atom. The Labute approximate surface area is 156 Å². The smallest absolute Gasteiger partial charge is 0.0945 e. The first-order valence-corrected chi connectivity index (χ1v) is 10.3. The molecule has 23 heavy (non-hydrogen) atoms. The van der Waals surface area contributed by atoms with Gasteiger partial charge in [-0.05, 0) is 10.8 Å². The van der Waals surface area contributed by atoms with E-state index in [2.05, 4.69) is 51.5 Å². The Morgan fingerprint density at radius 3 is 1.30 bits per heavy atom. The first kappa shape index (κ1) is 25.2. The molecule has 0 aromatic rings. The first-order valence-electron chi connectivity index (χ1n) is 7.82. The maximum absolute atomic E-state index is 5.91. The topological polar surface area (TPSA) is 76.8 Å². The maximum Gasteiger partial charge on any atom is 0.0945 e. The van der Waals surface area contributed by atoms with Crippen molar-refractivity contribution in [2.24, 2.45) is 32.3 Å². The number of hydrogen-bond acceptors (Lipinski definition) is 4.